The van der Waals surface area contributed by atoms with E-state index in [-0.39, 0.29) is 5.91 Å². The number of carbonyl (C=O) groups is 1. The van der Waals surface area contributed by atoms with E-state index in [1.54, 1.807) is 0 Å². The lowest BCUT2D eigenvalue weighted by molar-refractivity contribution is -0.122. The second kappa shape index (κ2) is 7.38. The zero-order chi connectivity index (χ0) is 10.1. The molecular weight excluding hydrogens is 166 g/mol. The number of hydrogen-bond acceptors (Lipinski definition) is 2. The molecule has 0 saturated heterocycles. The summed E-state index contributed by atoms with van der Waals surface area (Å²) in [6, 6.07) is 0. The third-order valence-electron chi connectivity index (χ3n) is 1.45. The van der Waals surface area contributed by atoms with Gasteiger partial charge in [0, 0.05) is 13.2 Å². The fourth-order valence-corrected chi connectivity index (χ4v) is 0.751. The van der Waals surface area contributed by atoms with Crippen molar-refractivity contribution < 1.29 is 9.53 Å². The lowest BCUT2D eigenvalue weighted by Crippen LogP contribution is -2.31. The topological polar surface area (TPSA) is 38.3 Å². The van der Waals surface area contributed by atoms with Crippen molar-refractivity contribution in [3.63, 3.8) is 0 Å². The Morgan fingerprint density at radius 2 is 2.54 bits per heavy atom. The summed E-state index contributed by atoms with van der Waals surface area (Å²) in [5.74, 6) is 1.58. The molecule has 0 fully saturated rings. The van der Waals surface area contributed by atoms with Gasteiger partial charge < -0.3 is 10.1 Å². The molecule has 1 atom stereocenters. The first-order valence-corrected chi connectivity index (χ1v) is 4.20. The Bertz CT molecular complexity index is 205. The van der Waals surface area contributed by atoms with Crippen LogP contribution in [0.3, 0.4) is 0 Å². The SMILES string of the molecule is C#CC(C=C)C(=O)NCCOCC. The first-order chi connectivity index (χ1) is 6.26. The highest BCUT2D eigenvalue weighted by atomic mass is 16.5. The molecule has 1 N–H and O–H groups in total. The summed E-state index contributed by atoms with van der Waals surface area (Å²) >= 11 is 0. The number of rotatable bonds is 6. The van der Waals surface area contributed by atoms with Crippen LogP contribution in [0.4, 0.5) is 0 Å². The molecule has 0 radical (unpaired) electrons. The molecule has 3 heteroatoms. The molecule has 0 rings (SSSR count). The molecule has 1 amide bonds. The largest absolute Gasteiger partial charge is 0.380 e. The Balaban J connectivity index is 3.62. The second-order valence-electron chi connectivity index (χ2n) is 2.37. The Kier molecular flexibility index (Phi) is 6.66. The molecule has 0 bridgehead atoms. The van der Waals surface area contributed by atoms with Crippen LogP contribution in [0.2, 0.25) is 0 Å². The van der Waals surface area contributed by atoms with Crippen molar-refractivity contribution in [1.29, 1.82) is 0 Å². The van der Waals surface area contributed by atoms with E-state index < -0.39 is 5.92 Å². The molecule has 0 spiro atoms. The molecule has 0 aliphatic heterocycles. The Labute approximate surface area is 79.2 Å². The second-order valence-corrected chi connectivity index (χ2v) is 2.37. The molecule has 0 aromatic heterocycles. The smallest absolute Gasteiger partial charge is 0.239 e. The fourth-order valence-electron chi connectivity index (χ4n) is 0.751. The number of terminal acetylenes is 1. The third kappa shape index (κ3) is 5.05. The van der Waals surface area contributed by atoms with Crippen LogP contribution in [0, 0.1) is 18.3 Å². The molecule has 1 unspecified atom stereocenters. The Morgan fingerprint density at radius 1 is 1.85 bits per heavy atom. The van der Waals surface area contributed by atoms with E-state index in [2.05, 4.69) is 17.8 Å². The maximum absolute atomic E-state index is 11.2. The van der Waals surface area contributed by atoms with Gasteiger partial charge in [-0.15, -0.1) is 13.0 Å². The van der Waals surface area contributed by atoms with E-state index in [0.717, 1.165) is 0 Å². The zero-order valence-electron chi connectivity index (χ0n) is 7.88. The minimum Gasteiger partial charge on any atom is -0.380 e. The summed E-state index contributed by atoms with van der Waals surface area (Å²) in [6.45, 7) is 7.01. The highest BCUT2D eigenvalue weighted by Crippen LogP contribution is 1.93. The maximum Gasteiger partial charge on any atom is 0.239 e. The van der Waals surface area contributed by atoms with Crippen LogP contribution in [0.5, 0.6) is 0 Å². The van der Waals surface area contributed by atoms with Gasteiger partial charge in [-0.25, -0.2) is 0 Å². The highest BCUT2D eigenvalue weighted by Gasteiger charge is 2.09. The van der Waals surface area contributed by atoms with Crippen LogP contribution in [-0.4, -0.2) is 25.7 Å². The number of amides is 1. The van der Waals surface area contributed by atoms with Crippen LogP contribution in [0.15, 0.2) is 12.7 Å². The monoisotopic (exact) mass is 181 g/mol. The summed E-state index contributed by atoms with van der Waals surface area (Å²) in [5, 5.41) is 2.64. The van der Waals surface area contributed by atoms with Crippen molar-refractivity contribution in [3.8, 4) is 12.3 Å². The van der Waals surface area contributed by atoms with Crippen molar-refractivity contribution in [3.05, 3.63) is 12.7 Å². The lowest BCUT2D eigenvalue weighted by Gasteiger charge is -2.07. The summed E-state index contributed by atoms with van der Waals surface area (Å²) in [6.07, 6.45) is 6.54. The van der Waals surface area contributed by atoms with Gasteiger partial charge in [0.25, 0.3) is 0 Å². The van der Waals surface area contributed by atoms with Crippen LogP contribution < -0.4 is 5.32 Å². The van der Waals surface area contributed by atoms with E-state index in [1.807, 2.05) is 6.92 Å². The maximum atomic E-state index is 11.2. The van der Waals surface area contributed by atoms with Crippen molar-refractivity contribution >= 4 is 5.91 Å². The molecular formula is C10H15NO2. The van der Waals surface area contributed by atoms with Crippen molar-refractivity contribution in [2.45, 2.75) is 6.92 Å². The standard InChI is InChI=1S/C10H15NO2/c1-4-9(5-2)10(12)11-7-8-13-6-3/h1,5,9H,2,6-8H2,3H3,(H,11,12). The predicted octanol–water partition coefficient (Wildman–Crippen LogP) is 0.575. The molecule has 0 saturated carbocycles. The first-order valence-electron chi connectivity index (χ1n) is 4.20. The summed E-state index contributed by atoms with van der Waals surface area (Å²) in [7, 11) is 0. The molecule has 0 aromatic carbocycles. The molecule has 13 heavy (non-hydrogen) atoms. The van der Waals surface area contributed by atoms with Gasteiger partial charge in [0.2, 0.25) is 5.91 Å². The minimum atomic E-state index is -0.540. The van der Waals surface area contributed by atoms with E-state index in [4.69, 9.17) is 11.2 Å². The lowest BCUT2D eigenvalue weighted by atomic mass is 10.1. The molecule has 0 heterocycles. The average Bonchev–Trinajstić information content (AvgIpc) is 2.14. The van der Waals surface area contributed by atoms with E-state index in [0.29, 0.717) is 19.8 Å². The first kappa shape index (κ1) is 11.7. The van der Waals surface area contributed by atoms with E-state index >= 15 is 0 Å². The summed E-state index contributed by atoms with van der Waals surface area (Å²) in [4.78, 5) is 11.2. The van der Waals surface area contributed by atoms with Crippen molar-refractivity contribution in [1.82, 2.24) is 5.32 Å². The van der Waals surface area contributed by atoms with Crippen LogP contribution in [0.1, 0.15) is 6.92 Å². The molecule has 72 valence electrons. The number of nitrogens with one attached hydrogen (secondary N) is 1. The third-order valence-corrected chi connectivity index (χ3v) is 1.45. The van der Waals surface area contributed by atoms with Gasteiger partial charge >= 0.3 is 0 Å². The van der Waals surface area contributed by atoms with Crippen LogP contribution >= 0.6 is 0 Å². The highest BCUT2D eigenvalue weighted by molar-refractivity contribution is 5.83. The average molecular weight is 181 g/mol. The van der Waals surface area contributed by atoms with Gasteiger partial charge in [0.05, 0.1) is 6.61 Å². The zero-order valence-corrected chi connectivity index (χ0v) is 7.88. The van der Waals surface area contributed by atoms with Crippen LogP contribution in [-0.2, 0) is 9.53 Å². The number of hydrogen-bond donors (Lipinski definition) is 1. The van der Waals surface area contributed by atoms with E-state index in [1.165, 1.54) is 6.08 Å². The summed E-state index contributed by atoms with van der Waals surface area (Å²) < 4.78 is 5.04. The quantitative estimate of drug-likeness (QED) is 0.370. The molecule has 3 nitrogen and oxygen atoms in total. The number of carbonyl (C=O) groups excluding carboxylic acids is 1. The van der Waals surface area contributed by atoms with Gasteiger partial charge in [-0.2, -0.15) is 0 Å². The van der Waals surface area contributed by atoms with Crippen molar-refractivity contribution in [2.75, 3.05) is 19.8 Å². The Hall–Kier alpha value is -1.27. The van der Waals surface area contributed by atoms with Gasteiger partial charge in [0.15, 0.2) is 0 Å². The Morgan fingerprint density at radius 3 is 3.00 bits per heavy atom. The molecule has 0 aliphatic carbocycles. The normalized spacial score (nSPS) is 11.4. The van der Waals surface area contributed by atoms with Gasteiger partial charge in [-0.3, -0.25) is 4.79 Å². The van der Waals surface area contributed by atoms with Gasteiger partial charge in [-0.1, -0.05) is 12.0 Å². The van der Waals surface area contributed by atoms with Crippen molar-refractivity contribution in [2.24, 2.45) is 5.92 Å². The minimum absolute atomic E-state index is 0.197. The molecule has 0 aromatic rings. The van der Waals surface area contributed by atoms with Gasteiger partial charge in [-0.05, 0) is 6.92 Å². The van der Waals surface area contributed by atoms with E-state index in [9.17, 15) is 4.79 Å². The van der Waals surface area contributed by atoms with Crippen LogP contribution in [0.25, 0.3) is 0 Å². The van der Waals surface area contributed by atoms with Gasteiger partial charge in [0.1, 0.15) is 5.92 Å². The molecule has 0 aliphatic rings. The predicted molar refractivity (Wildman–Crippen MR) is 52.0 cm³/mol. The fraction of sp³-hybridized carbons (Fsp3) is 0.500. The summed E-state index contributed by atoms with van der Waals surface area (Å²) in [5.41, 5.74) is 0. The number of ether oxygens (including phenoxy) is 1.